The number of rotatable bonds is 6. The summed E-state index contributed by atoms with van der Waals surface area (Å²) in [5.41, 5.74) is 4.29. The lowest BCUT2D eigenvalue weighted by atomic mass is 10.1. The molecule has 0 spiro atoms. The van der Waals surface area contributed by atoms with E-state index in [0.29, 0.717) is 12.1 Å². The normalized spacial score (nSPS) is 10.1. The number of aryl methyl sites for hydroxylation is 2. The van der Waals surface area contributed by atoms with Crippen LogP contribution in [0.1, 0.15) is 28.4 Å². The molecule has 2 amide bonds. The Morgan fingerprint density at radius 2 is 1.67 bits per heavy atom. The standard InChI is InChI=1S/C19H23N3O2/c1-4-20-19(24)15-6-5-7-16(11-15)21-12-18(23)22-17-9-13(2)8-14(3)10-17/h5-11,21H,4,12H2,1-3H3,(H,20,24)(H,22,23). The van der Waals surface area contributed by atoms with Crippen molar-refractivity contribution < 1.29 is 9.59 Å². The fourth-order valence-corrected chi connectivity index (χ4v) is 2.47. The molecule has 2 rings (SSSR count). The van der Waals surface area contributed by atoms with E-state index in [1.807, 2.05) is 39.0 Å². The van der Waals surface area contributed by atoms with Gasteiger partial charge in [-0.25, -0.2) is 0 Å². The molecular formula is C19H23N3O2. The Hall–Kier alpha value is -2.82. The number of nitrogens with one attached hydrogen (secondary N) is 3. The van der Waals surface area contributed by atoms with Crippen molar-refractivity contribution in [2.45, 2.75) is 20.8 Å². The predicted molar refractivity (Wildman–Crippen MR) is 97.5 cm³/mol. The zero-order valence-corrected chi connectivity index (χ0v) is 14.3. The van der Waals surface area contributed by atoms with E-state index < -0.39 is 0 Å². The van der Waals surface area contributed by atoms with Crippen LogP contribution < -0.4 is 16.0 Å². The van der Waals surface area contributed by atoms with Crippen LogP contribution in [0.3, 0.4) is 0 Å². The third-order valence-corrected chi connectivity index (χ3v) is 3.42. The number of carbonyl (C=O) groups is 2. The summed E-state index contributed by atoms with van der Waals surface area (Å²) in [5, 5.41) is 8.66. The monoisotopic (exact) mass is 325 g/mol. The highest BCUT2D eigenvalue weighted by Gasteiger charge is 2.06. The number of amides is 2. The van der Waals surface area contributed by atoms with Crippen molar-refractivity contribution in [2.75, 3.05) is 23.7 Å². The summed E-state index contributed by atoms with van der Waals surface area (Å²) in [4.78, 5) is 23.9. The number of benzene rings is 2. The van der Waals surface area contributed by atoms with E-state index in [0.717, 1.165) is 22.5 Å². The highest BCUT2D eigenvalue weighted by molar-refractivity contribution is 5.96. The van der Waals surface area contributed by atoms with Crippen LogP contribution in [0.2, 0.25) is 0 Å². The van der Waals surface area contributed by atoms with E-state index in [9.17, 15) is 9.59 Å². The van der Waals surface area contributed by atoms with Gasteiger partial charge in [0.05, 0.1) is 6.54 Å². The lowest BCUT2D eigenvalue weighted by Crippen LogP contribution is -2.23. The maximum atomic E-state index is 12.1. The maximum Gasteiger partial charge on any atom is 0.251 e. The number of carbonyl (C=O) groups excluding carboxylic acids is 2. The van der Waals surface area contributed by atoms with Crippen molar-refractivity contribution in [3.63, 3.8) is 0 Å². The maximum absolute atomic E-state index is 12.1. The molecule has 5 heteroatoms. The Balaban J connectivity index is 1.94. The fourth-order valence-electron chi connectivity index (χ4n) is 2.47. The van der Waals surface area contributed by atoms with Crippen molar-refractivity contribution in [1.29, 1.82) is 0 Å². The lowest BCUT2D eigenvalue weighted by molar-refractivity contribution is -0.114. The molecule has 0 radical (unpaired) electrons. The first kappa shape index (κ1) is 17.5. The van der Waals surface area contributed by atoms with Gasteiger partial charge in [-0.15, -0.1) is 0 Å². The second kappa shape index (κ2) is 8.15. The van der Waals surface area contributed by atoms with Crippen LogP contribution in [0, 0.1) is 13.8 Å². The van der Waals surface area contributed by atoms with Crippen LogP contribution in [0.15, 0.2) is 42.5 Å². The van der Waals surface area contributed by atoms with Gasteiger partial charge in [0.15, 0.2) is 0 Å². The van der Waals surface area contributed by atoms with Crippen LogP contribution in [0.4, 0.5) is 11.4 Å². The highest BCUT2D eigenvalue weighted by Crippen LogP contribution is 2.14. The molecule has 0 saturated carbocycles. The van der Waals surface area contributed by atoms with Crippen molar-refractivity contribution in [2.24, 2.45) is 0 Å². The molecule has 0 unspecified atom stereocenters. The van der Waals surface area contributed by atoms with Crippen molar-refractivity contribution in [3.05, 3.63) is 59.2 Å². The third kappa shape index (κ3) is 5.12. The zero-order valence-electron chi connectivity index (χ0n) is 14.3. The second-order valence-corrected chi connectivity index (χ2v) is 5.72. The topological polar surface area (TPSA) is 70.2 Å². The van der Waals surface area contributed by atoms with Gasteiger partial charge in [-0.3, -0.25) is 9.59 Å². The van der Waals surface area contributed by atoms with Crippen molar-refractivity contribution in [1.82, 2.24) is 5.32 Å². The van der Waals surface area contributed by atoms with Gasteiger partial charge in [-0.2, -0.15) is 0 Å². The molecule has 0 aliphatic heterocycles. The summed E-state index contributed by atoms with van der Waals surface area (Å²) >= 11 is 0. The smallest absolute Gasteiger partial charge is 0.251 e. The quantitative estimate of drug-likeness (QED) is 0.764. The first-order chi connectivity index (χ1) is 11.5. The number of anilines is 2. The van der Waals surface area contributed by atoms with E-state index >= 15 is 0 Å². The molecule has 3 N–H and O–H groups in total. The molecule has 0 fully saturated rings. The van der Waals surface area contributed by atoms with Crippen molar-refractivity contribution in [3.8, 4) is 0 Å². The van der Waals surface area contributed by atoms with E-state index in [-0.39, 0.29) is 18.4 Å². The third-order valence-electron chi connectivity index (χ3n) is 3.42. The van der Waals surface area contributed by atoms with Gasteiger partial charge in [0, 0.05) is 23.5 Å². The number of hydrogen-bond acceptors (Lipinski definition) is 3. The Morgan fingerprint density at radius 1 is 0.958 bits per heavy atom. The minimum absolute atomic E-state index is 0.124. The molecule has 126 valence electrons. The van der Waals surface area contributed by atoms with Gasteiger partial charge < -0.3 is 16.0 Å². The van der Waals surface area contributed by atoms with Crippen LogP contribution in [-0.2, 0) is 4.79 Å². The summed E-state index contributed by atoms with van der Waals surface area (Å²) in [7, 11) is 0. The van der Waals surface area contributed by atoms with Crippen LogP contribution in [-0.4, -0.2) is 24.9 Å². The van der Waals surface area contributed by atoms with E-state index in [1.165, 1.54) is 0 Å². The van der Waals surface area contributed by atoms with Gasteiger partial charge in [-0.1, -0.05) is 12.1 Å². The largest absolute Gasteiger partial charge is 0.376 e. The number of hydrogen-bond donors (Lipinski definition) is 3. The Labute approximate surface area is 142 Å². The zero-order chi connectivity index (χ0) is 17.5. The first-order valence-electron chi connectivity index (χ1n) is 7.98. The summed E-state index contributed by atoms with van der Waals surface area (Å²) in [6.45, 7) is 6.57. The Kier molecular flexibility index (Phi) is 5.95. The summed E-state index contributed by atoms with van der Waals surface area (Å²) in [6.07, 6.45) is 0. The van der Waals surface area contributed by atoms with E-state index in [2.05, 4.69) is 22.0 Å². The molecule has 24 heavy (non-hydrogen) atoms. The molecule has 0 bridgehead atoms. The summed E-state index contributed by atoms with van der Waals surface area (Å²) in [6, 6.07) is 13.0. The van der Waals surface area contributed by atoms with E-state index in [4.69, 9.17) is 0 Å². The first-order valence-corrected chi connectivity index (χ1v) is 7.98. The molecule has 0 saturated heterocycles. The molecule has 2 aromatic carbocycles. The van der Waals surface area contributed by atoms with Gasteiger partial charge in [-0.05, 0) is 62.2 Å². The van der Waals surface area contributed by atoms with Gasteiger partial charge in [0.2, 0.25) is 5.91 Å². The molecule has 0 aromatic heterocycles. The molecule has 5 nitrogen and oxygen atoms in total. The molecule has 0 aliphatic rings. The Morgan fingerprint density at radius 3 is 2.33 bits per heavy atom. The van der Waals surface area contributed by atoms with Crippen LogP contribution in [0.5, 0.6) is 0 Å². The van der Waals surface area contributed by atoms with Crippen LogP contribution in [0.25, 0.3) is 0 Å². The fraction of sp³-hybridized carbons (Fsp3) is 0.263. The molecule has 0 atom stereocenters. The summed E-state index contributed by atoms with van der Waals surface area (Å²) in [5.74, 6) is -0.260. The average molecular weight is 325 g/mol. The lowest BCUT2D eigenvalue weighted by Gasteiger charge is -2.10. The minimum Gasteiger partial charge on any atom is -0.376 e. The second-order valence-electron chi connectivity index (χ2n) is 5.72. The van der Waals surface area contributed by atoms with Gasteiger partial charge in [0.25, 0.3) is 5.91 Å². The molecule has 2 aromatic rings. The SMILES string of the molecule is CCNC(=O)c1cccc(NCC(=O)Nc2cc(C)cc(C)c2)c1. The molecule has 0 aliphatic carbocycles. The molecule has 0 heterocycles. The highest BCUT2D eigenvalue weighted by atomic mass is 16.2. The minimum atomic E-state index is -0.136. The Bertz CT molecular complexity index is 721. The van der Waals surface area contributed by atoms with Gasteiger partial charge in [0.1, 0.15) is 0 Å². The average Bonchev–Trinajstić information content (AvgIpc) is 2.52. The van der Waals surface area contributed by atoms with Crippen molar-refractivity contribution >= 4 is 23.2 Å². The van der Waals surface area contributed by atoms with Crippen LogP contribution >= 0.6 is 0 Å². The molecular weight excluding hydrogens is 302 g/mol. The predicted octanol–water partition coefficient (Wildman–Crippen LogP) is 3.10. The van der Waals surface area contributed by atoms with E-state index in [1.54, 1.807) is 18.2 Å². The summed E-state index contributed by atoms with van der Waals surface area (Å²) < 4.78 is 0. The van der Waals surface area contributed by atoms with Gasteiger partial charge >= 0.3 is 0 Å².